The minimum absolute atomic E-state index is 0.00528. The highest BCUT2D eigenvalue weighted by molar-refractivity contribution is 7.90. The predicted molar refractivity (Wildman–Crippen MR) is 439 cm³/mol. The van der Waals surface area contributed by atoms with Gasteiger partial charge >= 0.3 is 0 Å². The number of H-pyrrole nitrogens is 1. The SMILES string of the molecule is CNS(=O)(=O)CCc1ccc(Nc2ncc3c(=O)c(C(=O)NOC)cn(-c4ccc5c(c4)CCC5)c3n2)cc1.CONC(=O)c1cn(-c2ccc3c(c2)CCC3)c2nc(Nc3ccc(CCS(=O)(=O)NC(C)=O)cc3)ncc2c1=O.CONC(=O)c1cn(-c2ccc3c(c2)CCC3)c2nc(Nc3ccc(Cc4nn[nH]n4)cc3)ncc2c1=O. The fourth-order valence-electron chi connectivity index (χ4n) is 14.1. The lowest BCUT2D eigenvalue weighted by atomic mass is 10.1. The van der Waals surface area contributed by atoms with E-state index in [0.29, 0.717) is 52.9 Å². The molecule has 35 nitrogen and oxygen atoms in total. The summed E-state index contributed by atoms with van der Waals surface area (Å²) in [7, 11) is -1.69. The molecule has 0 saturated heterocycles. The van der Waals surface area contributed by atoms with E-state index in [1.807, 2.05) is 65.4 Å². The van der Waals surface area contributed by atoms with Crippen LogP contribution in [0.5, 0.6) is 0 Å². The van der Waals surface area contributed by atoms with E-state index in [1.165, 1.54) is 98.9 Å². The molecule has 4 amide bonds. The first kappa shape index (κ1) is 80.9. The number of aryl methyl sites for hydroxylation is 8. The van der Waals surface area contributed by atoms with Crippen molar-refractivity contribution in [3.63, 3.8) is 0 Å². The molecular weight excluding hydrogens is 1560 g/mol. The van der Waals surface area contributed by atoms with Crippen LogP contribution in [-0.2, 0) is 97.1 Å². The predicted octanol–water partition coefficient (Wildman–Crippen LogP) is 7.12. The standard InChI is InChI=1S/C28H28N6O6S.C27H28N6O5S.C26H23N9O3/c1-17(35)33-41(38,39)13-12-18-6-9-21(10-7-18)30-28-29-15-23-25(36)24(27(37)32-40-2)16-34(26(23)31-28)22-11-8-19-4-3-5-20(19)14-22;1-28-39(36,37)13-12-17-6-9-20(10-7-17)30-27-29-15-22-24(34)23(26(35)32-38-2)16-33(25(22)31-27)21-11-8-18-4-3-5-19(18)14-21;1-38-32-25(37)21-14-35(19-10-7-16-3-2-4-17(16)12-19)24-20(23(21)36)13-27-26(29-24)28-18-8-5-15(6-9-18)11-22-30-33-34-31-22/h6-11,14-16H,3-5,12-13H2,1-2H3,(H,32,37)(H,33,35)(H,29,30,31);6-11,14-16,28H,3-5,12-13H2,1-2H3,(H,32,35)(H,29,30,31);5-10,12-14H,2-4,11H2,1H3,(H,32,37)(H,27,28,29)(H,30,31,33,34). The normalized spacial score (nSPS) is 12.7. The third-order valence-corrected chi connectivity index (χ3v) is 22.6. The summed E-state index contributed by atoms with van der Waals surface area (Å²) in [6.45, 7) is 1.15. The van der Waals surface area contributed by atoms with Gasteiger partial charge in [0, 0.05) is 84.6 Å². The number of carbonyl (C=O) groups is 4. The van der Waals surface area contributed by atoms with Crippen LogP contribution < -0.4 is 58.1 Å². The number of rotatable bonds is 25. The second kappa shape index (κ2) is 35.6. The zero-order valence-electron chi connectivity index (χ0n) is 64.4. The Labute approximate surface area is 673 Å². The van der Waals surface area contributed by atoms with Gasteiger partial charge in [0.1, 0.15) is 16.7 Å². The number of fused-ring (bicyclic) bond motifs is 6. The van der Waals surface area contributed by atoms with Crippen molar-refractivity contribution in [3.8, 4) is 17.1 Å². The Morgan fingerprint density at radius 2 is 0.788 bits per heavy atom. The molecule has 3 aliphatic carbocycles. The van der Waals surface area contributed by atoms with Gasteiger partial charge in [-0.15, -0.1) is 10.2 Å². The van der Waals surface area contributed by atoms with Crippen LogP contribution in [0.3, 0.4) is 0 Å². The fourth-order valence-corrected chi connectivity index (χ4v) is 15.8. The molecule has 6 aromatic carbocycles. The molecule has 37 heteroatoms. The number of carbonyl (C=O) groups excluding carboxylic acids is 4. The number of aromatic amines is 1. The molecule has 7 aromatic heterocycles. The topological polar surface area (TPSA) is 458 Å². The Kier molecular flexibility index (Phi) is 24.4. The van der Waals surface area contributed by atoms with Crippen LogP contribution >= 0.6 is 0 Å². The number of aromatic nitrogens is 13. The van der Waals surface area contributed by atoms with E-state index in [9.17, 15) is 50.4 Å². The lowest BCUT2D eigenvalue weighted by molar-refractivity contribution is -0.117. The number of hydrogen-bond acceptors (Lipinski definition) is 26. The number of nitrogens with zero attached hydrogens (tertiary/aromatic N) is 12. The summed E-state index contributed by atoms with van der Waals surface area (Å²) in [5, 5.41) is 24.0. The first-order valence-electron chi connectivity index (χ1n) is 37.4. The maximum atomic E-state index is 13.2. The van der Waals surface area contributed by atoms with Crippen LogP contribution in [0.25, 0.3) is 50.2 Å². The minimum atomic E-state index is -3.70. The van der Waals surface area contributed by atoms with Crippen LogP contribution in [0, 0.1) is 0 Å². The monoisotopic (exact) mass is 1630 g/mol. The van der Waals surface area contributed by atoms with Crippen molar-refractivity contribution < 1.29 is 50.5 Å². The Morgan fingerprint density at radius 3 is 1.11 bits per heavy atom. The van der Waals surface area contributed by atoms with Gasteiger partial charge in [0.05, 0.1) is 49.0 Å². The Balaban J connectivity index is 0.000000146. The van der Waals surface area contributed by atoms with Gasteiger partial charge in [-0.25, -0.2) is 52.9 Å². The number of amides is 4. The van der Waals surface area contributed by atoms with E-state index < -0.39 is 60.0 Å². The molecule has 16 rings (SSSR count). The van der Waals surface area contributed by atoms with Gasteiger partial charge in [-0.2, -0.15) is 20.2 Å². The fraction of sp³-hybridized carbons (Fsp3) is 0.235. The van der Waals surface area contributed by atoms with Gasteiger partial charge in [0.25, 0.3) is 17.7 Å². The van der Waals surface area contributed by atoms with Crippen LogP contribution in [0.15, 0.2) is 179 Å². The number of pyridine rings is 3. The average molecular weight is 1630 g/mol. The van der Waals surface area contributed by atoms with E-state index in [-0.39, 0.29) is 62.7 Å². The molecule has 0 aliphatic heterocycles. The number of hydroxylamine groups is 3. The molecule has 7 heterocycles. The number of hydrogen-bond donors (Lipinski definition) is 9. The van der Waals surface area contributed by atoms with E-state index in [0.717, 1.165) is 104 Å². The van der Waals surface area contributed by atoms with Crippen LogP contribution in [0.2, 0.25) is 0 Å². The summed E-state index contributed by atoms with van der Waals surface area (Å²) >= 11 is 0. The van der Waals surface area contributed by atoms with Gasteiger partial charge in [-0.1, -0.05) is 59.8 Å². The maximum absolute atomic E-state index is 13.2. The zero-order valence-corrected chi connectivity index (χ0v) is 66.0. The second-order valence-corrected chi connectivity index (χ2v) is 31.7. The van der Waals surface area contributed by atoms with Gasteiger partial charge in [0.15, 0.2) is 22.8 Å². The van der Waals surface area contributed by atoms with Crippen molar-refractivity contribution in [1.82, 2.24) is 90.1 Å². The zero-order chi connectivity index (χ0) is 82.8. The number of sulfonamides is 2. The van der Waals surface area contributed by atoms with E-state index in [1.54, 1.807) is 50.1 Å². The molecule has 9 N–H and O–H groups in total. The number of nitrogens with one attached hydrogen (secondary N) is 9. The van der Waals surface area contributed by atoms with Crippen molar-refractivity contribution in [2.24, 2.45) is 0 Å². The van der Waals surface area contributed by atoms with E-state index >= 15 is 0 Å². The van der Waals surface area contributed by atoms with Crippen molar-refractivity contribution in [3.05, 3.63) is 268 Å². The molecule has 0 radical (unpaired) electrons. The molecule has 13 aromatic rings. The van der Waals surface area contributed by atoms with Crippen molar-refractivity contribution in [1.29, 1.82) is 0 Å². The number of tetrazole rings is 1. The quantitative estimate of drug-likeness (QED) is 0.0257. The summed E-state index contributed by atoms with van der Waals surface area (Å²) in [4.78, 5) is 130. The molecule has 0 fully saturated rings. The summed E-state index contributed by atoms with van der Waals surface area (Å²) in [5.74, 6) is -1.44. The molecule has 0 bridgehead atoms. The highest BCUT2D eigenvalue weighted by atomic mass is 32.2. The van der Waals surface area contributed by atoms with Crippen molar-refractivity contribution in [2.75, 3.05) is 55.8 Å². The van der Waals surface area contributed by atoms with Crippen molar-refractivity contribution >= 4 is 112 Å². The summed E-state index contributed by atoms with van der Waals surface area (Å²) in [6.07, 6.45) is 19.1. The van der Waals surface area contributed by atoms with Gasteiger partial charge in [0.2, 0.25) is 60.1 Å². The van der Waals surface area contributed by atoms with E-state index in [2.05, 4.69) is 118 Å². The molecule has 0 spiro atoms. The minimum Gasteiger partial charge on any atom is -0.324 e. The number of anilines is 6. The van der Waals surface area contributed by atoms with E-state index in [4.69, 9.17) is 14.5 Å². The average Bonchev–Trinajstić information content (AvgIpc) is 1.09. The Bertz CT molecular complexity index is 6470. The number of benzene rings is 6. The Hall–Kier alpha value is -13.7. The molecule has 3 aliphatic rings. The lowest BCUT2D eigenvalue weighted by Gasteiger charge is -2.15. The first-order valence-corrected chi connectivity index (χ1v) is 40.7. The molecule has 0 atom stereocenters. The van der Waals surface area contributed by atoms with Gasteiger partial charge in [-0.05, 0) is 201 Å². The molecule has 0 unspecified atom stereocenters. The summed E-state index contributed by atoms with van der Waals surface area (Å²) in [5.41, 5.74) is 20.6. The summed E-state index contributed by atoms with van der Waals surface area (Å²) < 4.78 is 56.7. The molecular formula is C81H79N21O14S2. The van der Waals surface area contributed by atoms with Crippen LogP contribution in [0.1, 0.15) is 113 Å². The smallest absolute Gasteiger partial charge is 0.280 e. The molecule has 118 heavy (non-hydrogen) atoms. The largest absolute Gasteiger partial charge is 0.324 e. The maximum Gasteiger partial charge on any atom is 0.280 e. The highest BCUT2D eigenvalue weighted by Crippen LogP contribution is 2.31. The third kappa shape index (κ3) is 18.8. The molecule has 604 valence electrons. The molecule has 0 saturated carbocycles. The first-order chi connectivity index (χ1) is 57.0. The van der Waals surface area contributed by atoms with Crippen LogP contribution in [-0.4, -0.2) is 145 Å². The van der Waals surface area contributed by atoms with Gasteiger partial charge < -0.3 is 29.7 Å². The highest BCUT2D eigenvalue weighted by Gasteiger charge is 2.25. The Morgan fingerprint density at radius 1 is 0.449 bits per heavy atom. The van der Waals surface area contributed by atoms with Gasteiger partial charge in [-0.3, -0.25) is 52.8 Å². The van der Waals surface area contributed by atoms with Crippen molar-refractivity contribution in [2.45, 2.75) is 84.0 Å². The third-order valence-electron chi connectivity index (χ3n) is 19.9. The lowest BCUT2D eigenvalue weighted by Crippen LogP contribution is -2.31. The second-order valence-electron chi connectivity index (χ2n) is 27.8. The summed E-state index contributed by atoms with van der Waals surface area (Å²) in [6, 6.07) is 40.2. The van der Waals surface area contributed by atoms with Crippen LogP contribution in [0.4, 0.5) is 34.9 Å².